The molecule has 0 fully saturated rings. The summed E-state index contributed by atoms with van der Waals surface area (Å²) < 4.78 is 61.7. The molecule has 0 unspecified atom stereocenters. The van der Waals surface area contributed by atoms with Crippen LogP contribution in [0.2, 0.25) is 0 Å². The summed E-state index contributed by atoms with van der Waals surface area (Å²) in [7, 11) is -8.91. The Morgan fingerprint density at radius 2 is 1.43 bits per heavy atom. The summed E-state index contributed by atoms with van der Waals surface area (Å²) in [6.45, 7) is 0. The number of benzene rings is 1. The van der Waals surface area contributed by atoms with Crippen LogP contribution in [0.5, 0.6) is 0 Å². The molecule has 0 heterocycles. The zero-order valence-electron chi connectivity index (χ0n) is 11.9. The van der Waals surface area contributed by atoms with Gasteiger partial charge in [-0.2, -0.15) is 16.8 Å². The van der Waals surface area contributed by atoms with Gasteiger partial charge in [0, 0.05) is 5.92 Å². The first-order valence-electron chi connectivity index (χ1n) is 6.35. The zero-order valence-corrected chi connectivity index (χ0v) is 13.5. The van der Waals surface area contributed by atoms with Crippen molar-refractivity contribution in [2.24, 2.45) is 5.73 Å². The molecule has 1 atom stereocenters. The van der Waals surface area contributed by atoms with Crippen LogP contribution in [0, 0.1) is 0 Å². The number of rotatable bonds is 8. The highest BCUT2D eigenvalue weighted by atomic mass is 32.2. The molecule has 0 bridgehead atoms. The molecule has 1 aromatic carbocycles. The van der Waals surface area contributed by atoms with E-state index in [0.29, 0.717) is 5.56 Å². The second-order valence-electron chi connectivity index (χ2n) is 5.08. The highest BCUT2D eigenvalue weighted by molar-refractivity contribution is 7.86. The Bertz CT molecular complexity index is 721. The van der Waals surface area contributed by atoms with Crippen LogP contribution in [0.3, 0.4) is 0 Å². The van der Waals surface area contributed by atoms with Gasteiger partial charge in [0.1, 0.15) is 6.04 Å². The van der Waals surface area contributed by atoms with Crippen molar-refractivity contribution in [2.45, 2.75) is 18.4 Å². The van der Waals surface area contributed by atoms with Gasteiger partial charge in [-0.25, -0.2) is 0 Å². The fourth-order valence-corrected chi connectivity index (χ4v) is 3.80. The van der Waals surface area contributed by atoms with Gasteiger partial charge in [-0.3, -0.25) is 13.9 Å². The third-order valence-corrected chi connectivity index (χ3v) is 4.69. The molecule has 1 rings (SSSR count). The Balaban J connectivity index is 3.01. The first kappa shape index (κ1) is 19.5. The summed E-state index contributed by atoms with van der Waals surface area (Å²) in [6.07, 6.45) is 0.0386. The lowest BCUT2D eigenvalue weighted by Gasteiger charge is -2.15. The molecule has 9 nitrogen and oxygen atoms in total. The number of carbonyl (C=O) groups is 1. The van der Waals surface area contributed by atoms with Gasteiger partial charge in [0.25, 0.3) is 20.2 Å². The molecule has 0 saturated heterocycles. The Morgan fingerprint density at radius 1 is 1.00 bits per heavy atom. The Hall–Kier alpha value is -1.53. The van der Waals surface area contributed by atoms with E-state index in [1.165, 1.54) is 24.3 Å². The molecule has 0 aliphatic carbocycles. The molecule has 0 saturated carbocycles. The fraction of sp³-hybridized carbons (Fsp3) is 0.417. The largest absolute Gasteiger partial charge is 0.480 e. The second kappa shape index (κ2) is 7.36. The molecule has 0 aliphatic rings. The third-order valence-electron chi connectivity index (χ3n) is 3.05. The molecule has 0 aliphatic heterocycles. The summed E-state index contributed by atoms with van der Waals surface area (Å²) in [6, 6.07) is 4.63. The van der Waals surface area contributed by atoms with E-state index in [-0.39, 0.29) is 12.0 Å². The average molecular weight is 367 g/mol. The molecular formula is C12H17NO8S2. The number of carboxylic acid groups (broad SMARTS) is 1. The quantitative estimate of drug-likeness (QED) is 0.442. The van der Waals surface area contributed by atoms with Crippen LogP contribution in [-0.4, -0.2) is 54.6 Å². The molecule has 1 aromatic rings. The topological polar surface area (TPSA) is 172 Å². The van der Waals surface area contributed by atoms with Crippen molar-refractivity contribution in [3.05, 3.63) is 35.4 Å². The van der Waals surface area contributed by atoms with Gasteiger partial charge in [0.05, 0.1) is 11.5 Å². The Kier molecular flexibility index (Phi) is 6.25. The van der Waals surface area contributed by atoms with Gasteiger partial charge in [0.15, 0.2) is 0 Å². The van der Waals surface area contributed by atoms with E-state index in [1.54, 1.807) is 0 Å². The third kappa shape index (κ3) is 7.52. The molecule has 0 aromatic heterocycles. The Morgan fingerprint density at radius 3 is 1.78 bits per heavy atom. The van der Waals surface area contributed by atoms with Crippen molar-refractivity contribution < 1.29 is 35.8 Å². The van der Waals surface area contributed by atoms with E-state index in [9.17, 15) is 21.6 Å². The molecule has 5 N–H and O–H groups in total. The second-order valence-corrected chi connectivity index (χ2v) is 8.08. The number of hydrogen-bond acceptors (Lipinski definition) is 6. The SMILES string of the molecule is N[C@@H](Cc1ccc(C(CS(=O)(=O)O)CS(=O)(=O)O)cc1)C(=O)O. The molecule has 0 radical (unpaired) electrons. The standard InChI is InChI=1S/C12H17NO8S2/c13-11(12(14)15)5-8-1-3-9(4-2-8)10(6-22(16,17)18)7-23(19,20)21/h1-4,10-11H,5-7,13H2,(H,14,15)(H,16,17,18)(H,19,20,21)/t11-/m0/s1. The zero-order chi connectivity index (χ0) is 17.8. The van der Waals surface area contributed by atoms with Gasteiger partial charge in [0.2, 0.25) is 0 Å². The van der Waals surface area contributed by atoms with Crippen molar-refractivity contribution in [1.82, 2.24) is 0 Å². The minimum absolute atomic E-state index is 0.0386. The summed E-state index contributed by atoms with van der Waals surface area (Å²) in [4.78, 5) is 10.7. The predicted octanol–water partition coefficient (Wildman–Crippen LogP) is -0.500. The van der Waals surface area contributed by atoms with Crippen LogP contribution in [0.1, 0.15) is 17.0 Å². The van der Waals surface area contributed by atoms with Crippen molar-refractivity contribution in [2.75, 3.05) is 11.5 Å². The fourth-order valence-electron chi connectivity index (χ4n) is 2.02. The number of hydrogen-bond donors (Lipinski definition) is 4. The maximum Gasteiger partial charge on any atom is 0.320 e. The summed E-state index contributed by atoms with van der Waals surface area (Å²) in [5, 5.41) is 8.73. The van der Waals surface area contributed by atoms with Crippen molar-refractivity contribution >= 4 is 26.2 Å². The predicted molar refractivity (Wildman–Crippen MR) is 81.3 cm³/mol. The number of carboxylic acids is 1. The highest BCUT2D eigenvalue weighted by Crippen LogP contribution is 2.21. The van der Waals surface area contributed by atoms with Crippen LogP contribution in [0.15, 0.2) is 24.3 Å². The summed E-state index contributed by atoms with van der Waals surface area (Å²) in [5.41, 5.74) is 6.20. The molecule has 0 amide bonds. The van der Waals surface area contributed by atoms with Crippen molar-refractivity contribution in [1.29, 1.82) is 0 Å². The summed E-state index contributed by atoms with van der Waals surface area (Å²) >= 11 is 0. The normalized spacial score (nSPS) is 13.9. The molecule has 23 heavy (non-hydrogen) atoms. The smallest absolute Gasteiger partial charge is 0.320 e. The maximum absolute atomic E-state index is 11.0. The van der Waals surface area contributed by atoms with E-state index in [4.69, 9.17) is 19.9 Å². The van der Waals surface area contributed by atoms with Gasteiger partial charge >= 0.3 is 5.97 Å². The molecule has 11 heteroatoms. The summed E-state index contributed by atoms with van der Waals surface area (Å²) in [5.74, 6) is -4.09. The lowest BCUT2D eigenvalue weighted by Crippen LogP contribution is -2.32. The minimum Gasteiger partial charge on any atom is -0.480 e. The van der Waals surface area contributed by atoms with Crippen molar-refractivity contribution in [3.8, 4) is 0 Å². The van der Waals surface area contributed by atoms with Crippen LogP contribution in [0.4, 0.5) is 0 Å². The monoisotopic (exact) mass is 367 g/mol. The van der Waals surface area contributed by atoms with Crippen LogP contribution in [-0.2, 0) is 31.5 Å². The van der Waals surface area contributed by atoms with E-state index < -0.39 is 49.7 Å². The van der Waals surface area contributed by atoms with E-state index in [2.05, 4.69) is 0 Å². The van der Waals surface area contributed by atoms with E-state index in [1.807, 2.05) is 0 Å². The maximum atomic E-state index is 11.0. The van der Waals surface area contributed by atoms with Crippen LogP contribution < -0.4 is 5.73 Å². The van der Waals surface area contributed by atoms with Crippen LogP contribution in [0.25, 0.3) is 0 Å². The van der Waals surface area contributed by atoms with E-state index in [0.717, 1.165) is 0 Å². The van der Waals surface area contributed by atoms with Gasteiger partial charge in [-0.15, -0.1) is 0 Å². The number of nitrogens with two attached hydrogens (primary N) is 1. The molecular weight excluding hydrogens is 350 g/mol. The van der Waals surface area contributed by atoms with Gasteiger partial charge in [-0.05, 0) is 17.5 Å². The average Bonchev–Trinajstić information content (AvgIpc) is 2.35. The highest BCUT2D eigenvalue weighted by Gasteiger charge is 2.24. The van der Waals surface area contributed by atoms with Gasteiger partial charge < -0.3 is 10.8 Å². The number of aliphatic carboxylic acids is 1. The van der Waals surface area contributed by atoms with E-state index >= 15 is 0 Å². The first-order chi connectivity index (χ1) is 10.4. The molecule has 130 valence electrons. The van der Waals surface area contributed by atoms with Crippen molar-refractivity contribution in [3.63, 3.8) is 0 Å². The lowest BCUT2D eigenvalue weighted by atomic mass is 9.99. The van der Waals surface area contributed by atoms with Crippen LogP contribution >= 0.6 is 0 Å². The van der Waals surface area contributed by atoms with Gasteiger partial charge in [-0.1, -0.05) is 24.3 Å². The Labute approximate surface area is 133 Å². The first-order valence-corrected chi connectivity index (χ1v) is 9.57. The minimum atomic E-state index is -4.46. The lowest BCUT2D eigenvalue weighted by molar-refractivity contribution is -0.138. The molecule has 0 spiro atoms.